The number of carbonyl (C=O) groups is 1. The number of thiazole rings is 1. The predicted octanol–water partition coefficient (Wildman–Crippen LogP) is 3.05. The van der Waals surface area contributed by atoms with Crippen molar-refractivity contribution in [2.45, 2.75) is 30.6 Å². The van der Waals surface area contributed by atoms with Crippen molar-refractivity contribution in [3.8, 4) is 0 Å². The molecule has 1 aliphatic heterocycles. The van der Waals surface area contributed by atoms with Crippen molar-refractivity contribution in [3.63, 3.8) is 0 Å². The maximum absolute atomic E-state index is 13.0. The molecule has 0 spiro atoms. The van der Waals surface area contributed by atoms with E-state index in [4.69, 9.17) is 11.6 Å². The van der Waals surface area contributed by atoms with Crippen LogP contribution in [0.4, 0.5) is 0 Å². The second-order valence-corrected chi connectivity index (χ2v) is 9.36. The van der Waals surface area contributed by atoms with Gasteiger partial charge in [-0.05, 0) is 31.0 Å². The first-order chi connectivity index (χ1) is 12.4. The fourth-order valence-corrected chi connectivity index (χ4v) is 5.59. The number of benzene rings is 1. The zero-order chi connectivity index (χ0) is 18.7. The highest BCUT2D eigenvalue weighted by atomic mass is 35.5. The highest BCUT2D eigenvalue weighted by Gasteiger charge is 2.28. The van der Waals surface area contributed by atoms with Crippen molar-refractivity contribution in [1.82, 2.24) is 8.87 Å². The maximum atomic E-state index is 13.0. The second-order valence-electron chi connectivity index (χ2n) is 6.18. The zero-order valence-corrected chi connectivity index (χ0v) is 16.8. The molecule has 3 rings (SSSR count). The first-order valence-electron chi connectivity index (χ1n) is 8.38. The minimum atomic E-state index is -3.74. The van der Waals surface area contributed by atoms with E-state index in [1.165, 1.54) is 33.8 Å². The summed E-state index contributed by atoms with van der Waals surface area (Å²) in [5.74, 6) is -0.493. The molecule has 0 saturated carbocycles. The van der Waals surface area contributed by atoms with Gasteiger partial charge in [-0.25, -0.2) is 8.42 Å². The van der Waals surface area contributed by atoms with Gasteiger partial charge in [-0.2, -0.15) is 9.30 Å². The average molecular weight is 414 g/mol. The van der Waals surface area contributed by atoms with E-state index in [2.05, 4.69) is 4.99 Å². The molecule has 0 N–H and O–H groups in total. The fourth-order valence-electron chi connectivity index (χ4n) is 2.84. The van der Waals surface area contributed by atoms with E-state index in [1.54, 1.807) is 17.8 Å². The molecule has 1 amide bonds. The molecule has 1 aliphatic rings. The minimum absolute atomic E-state index is 0.0299. The van der Waals surface area contributed by atoms with E-state index in [0.717, 1.165) is 25.7 Å². The number of hydrogen-bond acceptors (Lipinski definition) is 4. The first kappa shape index (κ1) is 19.3. The molecular weight excluding hydrogens is 394 g/mol. The molecule has 9 heteroatoms. The number of aryl methyl sites for hydroxylation is 1. The molecule has 0 bridgehead atoms. The number of amides is 1. The molecule has 2 aromatic rings. The summed E-state index contributed by atoms with van der Waals surface area (Å²) in [7, 11) is -1.95. The smallest absolute Gasteiger partial charge is 0.279 e. The van der Waals surface area contributed by atoms with Gasteiger partial charge in [0.25, 0.3) is 5.91 Å². The largest absolute Gasteiger partial charge is 0.327 e. The van der Waals surface area contributed by atoms with Gasteiger partial charge in [0.05, 0.1) is 5.02 Å². The SMILES string of the molecule is Cn1ccsc1=NC(=O)c1ccc(Cl)c(S(=O)(=O)N2CCCCCC2)c1. The molecule has 26 heavy (non-hydrogen) atoms. The van der Waals surface area contributed by atoms with Gasteiger partial charge in [0.1, 0.15) is 4.90 Å². The van der Waals surface area contributed by atoms with Crippen LogP contribution in [0.15, 0.2) is 39.7 Å². The number of halogens is 1. The van der Waals surface area contributed by atoms with Crippen molar-refractivity contribution in [2.24, 2.45) is 12.0 Å². The number of aromatic nitrogens is 1. The van der Waals surface area contributed by atoms with E-state index in [-0.39, 0.29) is 15.5 Å². The van der Waals surface area contributed by atoms with Crippen LogP contribution in [0, 0.1) is 0 Å². The highest BCUT2D eigenvalue weighted by molar-refractivity contribution is 7.89. The standard InChI is InChI=1S/C17H20ClN3O3S2/c1-20-10-11-25-17(20)19-16(22)13-6-7-14(18)15(12-13)26(23,24)21-8-4-2-3-5-9-21/h6-7,10-12H,2-5,8-9H2,1H3. The Morgan fingerprint density at radius 3 is 2.50 bits per heavy atom. The average Bonchev–Trinajstić information content (AvgIpc) is 2.86. The van der Waals surface area contributed by atoms with Crippen molar-refractivity contribution in [2.75, 3.05) is 13.1 Å². The minimum Gasteiger partial charge on any atom is -0.327 e. The van der Waals surface area contributed by atoms with Gasteiger partial charge >= 0.3 is 0 Å². The molecule has 1 aromatic heterocycles. The van der Waals surface area contributed by atoms with Crippen LogP contribution < -0.4 is 4.80 Å². The van der Waals surface area contributed by atoms with Crippen molar-refractivity contribution in [1.29, 1.82) is 0 Å². The zero-order valence-electron chi connectivity index (χ0n) is 14.4. The summed E-state index contributed by atoms with van der Waals surface area (Å²) in [5.41, 5.74) is 0.205. The molecular formula is C17H20ClN3O3S2. The van der Waals surface area contributed by atoms with Gasteiger partial charge in [0.15, 0.2) is 4.80 Å². The normalized spacial score (nSPS) is 17.2. The lowest BCUT2D eigenvalue weighted by molar-refractivity contribution is 0.0997. The quantitative estimate of drug-likeness (QED) is 0.776. The lowest BCUT2D eigenvalue weighted by Crippen LogP contribution is -2.32. The van der Waals surface area contributed by atoms with Crippen LogP contribution in [0.3, 0.4) is 0 Å². The van der Waals surface area contributed by atoms with Gasteiger partial charge in [0.2, 0.25) is 10.0 Å². The summed E-state index contributed by atoms with van der Waals surface area (Å²) >= 11 is 7.50. The number of carbonyl (C=O) groups excluding carboxylic acids is 1. The van der Waals surface area contributed by atoms with Crippen molar-refractivity contribution >= 4 is 38.9 Å². The van der Waals surface area contributed by atoms with E-state index in [1.807, 2.05) is 5.38 Å². The summed E-state index contributed by atoms with van der Waals surface area (Å²) in [6.07, 6.45) is 5.51. The predicted molar refractivity (Wildman–Crippen MR) is 102 cm³/mol. The molecule has 6 nitrogen and oxygen atoms in total. The molecule has 1 aromatic carbocycles. The van der Waals surface area contributed by atoms with Crippen molar-refractivity contribution < 1.29 is 13.2 Å². The molecule has 0 atom stereocenters. The summed E-state index contributed by atoms with van der Waals surface area (Å²) in [6, 6.07) is 4.29. The Labute approximate surface area is 161 Å². The number of sulfonamides is 1. The second kappa shape index (κ2) is 8.04. The summed E-state index contributed by atoms with van der Waals surface area (Å²) in [5, 5.41) is 1.94. The Bertz CT molecular complexity index is 971. The van der Waals surface area contributed by atoms with Crippen LogP contribution in [0.5, 0.6) is 0 Å². The highest BCUT2D eigenvalue weighted by Crippen LogP contribution is 2.27. The number of rotatable bonds is 3. The Balaban J connectivity index is 1.97. The molecule has 0 aliphatic carbocycles. The molecule has 0 radical (unpaired) electrons. The first-order valence-corrected chi connectivity index (χ1v) is 11.1. The molecule has 1 saturated heterocycles. The third-order valence-corrected chi connectivity index (χ3v) is 7.55. The van der Waals surface area contributed by atoms with Crippen molar-refractivity contribution in [3.05, 3.63) is 45.2 Å². The molecule has 0 unspecified atom stereocenters. The Kier molecular flexibility index (Phi) is 5.96. The maximum Gasteiger partial charge on any atom is 0.279 e. The van der Waals surface area contributed by atoms with Gasteiger partial charge < -0.3 is 4.57 Å². The lowest BCUT2D eigenvalue weighted by Gasteiger charge is -2.20. The van der Waals surface area contributed by atoms with Gasteiger partial charge in [-0.1, -0.05) is 24.4 Å². The summed E-state index contributed by atoms with van der Waals surface area (Å²) in [4.78, 5) is 17.0. The van der Waals surface area contributed by atoms with E-state index in [0.29, 0.717) is 17.9 Å². The van der Waals surface area contributed by atoms with Crippen LogP contribution in [-0.4, -0.2) is 36.3 Å². The van der Waals surface area contributed by atoms with E-state index in [9.17, 15) is 13.2 Å². The van der Waals surface area contributed by atoms with Gasteiger partial charge in [0, 0.05) is 37.3 Å². The van der Waals surface area contributed by atoms with Gasteiger partial charge in [-0.15, -0.1) is 11.3 Å². The Morgan fingerprint density at radius 1 is 1.19 bits per heavy atom. The number of hydrogen-bond donors (Lipinski definition) is 0. The topological polar surface area (TPSA) is 71.7 Å². The Hall–Kier alpha value is -1.48. The molecule has 140 valence electrons. The van der Waals surface area contributed by atoms with Crippen LogP contribution in [0.2, 0.25) is 5.02 Å². The third kappa shape index (κ3) is 4.09. The summed E-state index contributed by atoms with van der Waals surface area (Å²) in [6.45, 7) is 0.957. The number of nitrogens with zero attached hydrogens (tertiary/aromatic N) is 3. The summed E-state index contributed by atoms with van der Waals surface area (Å²) < 4.78 is 29.2. The monoisotopic (exact) mass is 413 g/mol. The molecule has 2 heterocycles. The van der Waals surface area contributed by atoms with Crippen LogP contribution in [0.25, 0.3) is 0 Å². The van der Waals surface area contributed by atoms with E-state index < -0.39 is 15.9 Å². The van der Waals surface area contributed by atoms with E-state index >= 15 is 0 Å². The van der Waals surface area contributed by atoms with Crippen LogP contribution in [0.1, 0.15) is 36.0 Å². The molecule has 1 fully saturated rings. The van der Waals surface area contributed by atoms with Gasteiger partial charge in [-0.3, -0.25) is 4.79 Å². The van der Waals surface area contributed by atoms with Crippen LogP contribution >= 0.6 is 22.9 Å². The third-order valence-electron chi connectivity index (χ3n) is 4.32. The fraction of sp³-hybridized carbons (Fsp3) is 0.412. The lowest BCUT2D eigenvalue weighted by atomic mass is 10.2. The Morgan fingerprint density at radius 2 is 1.88 bits per heavy atom. The van der Waals surface area contributed by atoms with Crippen LogP contribution in [-0.2, 0) is 17.1 Å².